The van der Waals surface area contributed by atoms with Gasteiger partial charge < -0.3 is 9.64 Å². The lowest BCUT2D eigenvalue weighted by molar-refractivity contribution is -0.136. The summed E-state index contributed by atoms with van der Waals surface area (Å²) in [5, 5.41) is 12.2. The number of fused-ring (bicyclic) bond motifs is 1. The summed E-state index contributed by atoms with van der Waals surface area (Å²) in [5.74, 6) is 1.17. The minimum atomic E-state index is -3.12. The Balaban J connectivity index is 1.52. The van der Waals surface area contributed by atoms with Crippen molar-refractivity contribution in [3.05, 3.63) is 40.6 Å². The number of ether oxygens (including phenoxy) is 1. The molecule has 3 amide bonds. The number of aryl methyl sites for hydroxylation is 2. The number of piperazine rings is 1. The van der Waals surface area contributed by atoms with E-state index < -0.39 is 15.9 Å². The number of likely N-dealkylation sites (N-methyl/N-ethyl adjacent to an activating group) is 1. The number of pyridine rings is 2. The Morgan fingerprint density at radius 1 is 1.23 bits per heavy atom. The van der Waals surface area contributed by atoms with Crippen LogP contribution in [0.15, 0.2) is 18.3 Å². The lowest BCUT2D eigenvalue weighted by Gasteiger charge is -2.33. The highest BCUT2D eigenvalue weighted by Crippen LogP contribution is 2.32. The van der Waals surface area contributed by atoms with E-state index in [0.29, 0.717) is 61.8 Å². The predicted octanol–water partition coefficient (Wildman–Crippen LogP) is 1.59. The molecule has 1 N–H and O–H groups in total. The van der Waals surface area contributed by atoms with Crippen LogP contribution in [0.25, 0.3) is 0 Å². The van der Waals surface area contributed by atoms with Gasteiger partial charge in [-0.05, 0) is 56.0 Å². The second-order valence-electron chi connectivity index (χ2n) is 9.95. The lowest BCUT2D eigenvalue weighted by Crippen LogP contribution is -2.48. The molecule has 4 heterocycles. The van der Waals surface area contributed by atoms with E-state index in [2.05, 4.69) is 21.4 Å². The summed E-state index contributed by atoms with van der Waals surface area (Å²) in [6.07, 6.45) is 4.74. The molecule has 1 fully saturated rings. The summed E-state index contributed by atoms with van der Waals surface area (Å²) < 4.78 is 28.5. The van der Waals surface area contributed by atoms with Crippen LogP contribution in [0.1, 0.15) is 35.1 Å². The van der Waals surface area contributed by atoms with Gasteiger partial charge in [0.15, 0.2) is 0 Å². The monoisotopic (exact) mass is 555 g/mol. The topological polar surface area (TPSA) is 149 Å². The number of urea groups is 1. The number of nitriles is 1. The van der Waals surface area contributed by atoms with Gasteiger partial charge in [-0.3, -0.25) is 19.9 Å². The van der Waals surface area contributed by atoms with Crippen molar-refractivity contribution in [2.45, 2.75) is 32.2 Å². The molecular formula is C26H33N7O5S. The highest BCUT2D eigenvalue weighted by molar-refractivity contribution is 7.90. The molecule has 0 bridgehead atoms. The third kappa shape index (κ3) is 7.01. The molecule has 208 valence electrons. The molecule has 0 aromatic carbocycles. The number of amides is 3. The van der Waals surface area contributed by atoms with Crippen molar-refractivity contribution in [1.82, 2.24) is 19.8 Å². The molecule has 2 aliphatic rings. The number of rotatable bonds is 8. The number of carbonyl (C=O) groups is 2. The van der Waals surface area contributed by atoms with Crippen molar-refractivity contribution in [2.24, 2.45) is 0 Å². The third-order valence-corrected chi connectivity index (χ3v) is 7.85. The van der Waals surface area contributed by atoms with Crippen LogP contribution < -0.4 is 15.0 Å². The second kappa shape index (κ2) is 12.0. The number of carbonyl (C=O) groups excluding carboxylic acids is 2. The summed E-state index contributed by atoms with van der Waals surface area (Å²) in [6, 6.07) is 5.21. The van der Waals surface area contributed by atoms with Crippen LogP contribution in [-0.2, 0) is 34.0 Å². The molecule has 0 atom stereocenters. The van der Waals surface area contributed by atoms with Crippen molar-refractivity contribution < 1.29 is 22.7 Å². The Hall–Kier alpha value is -3.76. The second-order valence-corrected chi connectivity index (χ2v) is 12.2. The van der Waals surface area contributed by atoms with Gasteiger partial charge in [0.1, 0.15) is 27.5 Å². The maximum Gasteiger partial charge on any atom is 0.328 e. The first-order valence-electron chi connectivity index (χ1n) is 12.8. The lowest BCUT2D eigenvalue weighted by atomic mass is 10.0. The highest BCUT2D eigenvalue weighted by atomic mass is 32.2. The van der Waals surface area contributed by atoms with Crippen LogP contribution in [0.2, 0.25) is 0 Å². The van der Waals surface area contributed by atoms with Crippen molar-refractivity contribution in [2.75, 3.05) is 62.6 Å². The molecule has 0 saturated carbocycles. The number of methoxy groups -OCH3 is 1. The van der Waals surface area contributed by atoms with Crippen LogP contribution in [0.4, 0.5) is 16.4 Å². The van der Waals surface area contributed by atoms with E-state index in [1.165, 1.54) is 24.5 Å². The first kappa shape index (κ1) is 28.3. The Morgan fingerprint density at radius 2 is 2.03 bits per heavy atom. The molecule has 2 aromatic rings. The molecule has 0 spiro atoms. The minimum Gasteiger partial charge on any atom is -0.481 e. The van der Waals surface area contributed by atoms with Gasteiger partial charge >= 0.3 is 6.03 Å². The quantitative estimate of drug-likeness (QED) is 0.512. The van der Waals surface area contributed by atoms with E-state index in [0.717, 1.165) is 30.5 Å². The molecule has 2 aromatic heterocycles. The van der Waals surface area contributed by atoms with Crippen LogP contribution in [0.5, 0.6) is 5.88 Å². The van der Waals surface area contributed by atoms with Gasteiger partial charge in [0.2, 0.25) is 11.8 Å². The maximum atomic E-state index is 13.3. The Bertz CT molecular complexity index is 1410. The van der Waals surface area contributed by atoms with E-state index in [1.807, 2.05) is 18.0 Å². The summed E-state index contributed by atoms with van der Waals surface area (Å²) in [7, 11) is 0.315. The zero-order chi connectivity index (χ0) is 28.2. The molecular weight excluding hydrogens is 522 g/mol. The molecule has 39 heavy (non-hydrogen) atoms. The molecule has 12 nitrogen and oxygen atoms in total. The van der Waals surface area contributed by atoms with E-state index in [4.69, 9.17) is 4.74 Å². The molecule has 2 aliphatic heterocycles. The van der Waals surface area contributed by atoms with Crippen molar-refractivity contribution in [3.8, 4) is 11.9 Å². The zero-order valence-electron chi connectivity index (χ0n) is 22.4. The third-order valence-electron chi connectivity index (χ3n) is 6.82. The highest BCUT2D eigenvalue weighted by Gasteiger charge is 2.28. The van der Waals surface area contributed by atoms with Crippen LogP contribution in [0, 0.1) is 11.3 Å². The normalized spacial score (nSPS) is 16.0. The smallest absolute Gasteiger partial charge is 0.328 e. The van der Waals surface area contributed by atoms with E-state index >= 15 is 0 Å². The molecule has 0 unspecified atom stereocenters. The Morgan fingerprint density at radius 3 is 2.72 bits per heavy atom. The number of hydrogen-bond acceptors (Lipinski definition) is 9. The summed E-state index contributed by atoms with van der Waals surface area (Å²) in [4.78, 5) is 40.0. The molecule has 4 rings (SSSR count). The van der Waals surface area contributed by atoms with Crippen molar-refractivity contribution in [1.29, 1.82) is 5.26 Å². The number of hydrogen-bond donors (Lipinski definition) is 1. The average Bonchev–Trinajstić information content (AvgIpc) is 2.89. The van der Waals surface area contributed by atoms with Gasteiger partial charge in [-0.2, -0.15) is 10.2 Å². The van der Waals surface area contributed by atoms with E-state index in [9.17, 15) is 23.3 Å². The van der Waals surface area contributed by atoms with Gasteiger partial charge in [0.25, 0.3) is 0 Å². The van der Waals surface area contributed by atoms with Crippen LogP contribution in [-0.4, -0.2) is 92.5 Å². The van der Waals surface area contributed by atoms with Gasteiger partial charge in [-0.15, -0.1) is 0 Å². The molecule has 0 radical (unpaired) electrons. The summed E-state index contributed by atoms with van der Waals surface area (Å²) in [6.45, 7) is 2.63. The van der Waals surface area contributed by atoms with Crippen LogP contribution >= 0.6 is 0 Å². The molecule has 1 saturated heterocycles. The standard InChI is InChI=1S/C26H33N7O5S/c1-31-9-10-32(23(34)17-31)16-20-12-19-6-4-8-33(24(19)30-25(20)38-2)26(35)29-22-13-18(21(14-27)15-28-22)7-5-11-39(3,36)37/h12-13,15H,4-11,16-17H2,1-3H3,(H,28,29,35). The fourth-order valence-corrected chi connectivity index (χ4v) is 5.46. The van der Waals surface area contributed by atoms with Crippen LogP contribution in [0.3, 0.4) is 0 Å². The minimum absolute atomic E-state index is 0.00487. The number of nitrogens with zero attached hydrogens (tertiary/aromatic N) is 6. The van der Waals surface area contributed by atoms with Gasteiger partial charge in [0.05, 0.1) is 31.5 Å². The number of aromatic nitrogens is 2. The maximum absolute atomic E-state index is 13.3. The Labute approximate surface area is 228 Å². The van der Waals surface area contributed by atoms with E-state index in [1.54, 1.807) is 11.0 Å². The van der Waals surface area contributed by atoms with Gasteiger partial charge in [-0.1, -0.05) is 0 Å². The largest absolute Gasteiger partial charge is 0.481 e. The molecule has 0 aliphatic carbocycles. The first-order chi connectivity index (χ1) is 18.6. The number of nitrogens with one attached hydrogen (secondary N) is 1. The SMILES string of the molecule is COc1nc2c(cc1CN1CCN(C)CC1=O)CCCN2C(=O)Nc1cc(CCCS(C)(=O)=O)c(C#N)cn1. The zero-order valence-corrected chi connectivity index (χ0v) is 23.3. The van der Waals surface area contributed by atoms with E-state index in [-0.39, 0.29) is 17.5 Å². The van der Waals surface area contributed by atoms with Crippen molar-refractivity contribution >= 4 is 33.4 Å². The van der Waals surface area contributed by atoms with Gasteiger partial charge in [-0.25, -0.2) is 18.2 Å². The first-order valence-corrected chi connectivity index (χ1v) is 14.8. The fourth-order valence-electron chi connectivity index (χ4n) is 4.79. The summed E-state index contributed by atoms with van der Waals surface area (Å²) >= 11 is 0. The number of sulfone groups is 1. The molecule has 13 heteroatoms. The Kier molecular flexibility index (Phi) is 8.66. The number of anilines is 2. The van der Waals surface area contributed by atoms with Crippen molar-refractivity contribution in [3.63, 3.8) is 0 Å². The predicted molar refractivity (Wildman–Crippen MR) is 145 cm³/mol. The summed E-state index contributed by atoms with van der Waals surface area (Å²) in [5.41, 5.74) is 2.64. The fraction of sp³-hybridized carbons (Fsp3) is 0.500. The average molecular weight is 556 g/mol. The van der Waals surface area contributed by atoms with Gasteiger partial charge in [0, 0.05) is 37.7 Å².